The number of anilines is 4. The molecular weight excluding hydrogens is 898 g/mol. The van der Waals surface area contributed by atoms with Crippen molar-refractivity contribution >= 4 is 44.6 Å². The van der Waals surface area contributed by atoms with Crippen LogP contribution in [0.25, 0.3) is 49.9 Å². The van der Waals surface area contributed by atoms with Crippen LogP contribution in [0.2, 0.25) is 0 Å². The fourth-order valence-electron chi connectivity index (χ4n) is 10.6. The standard InChI is InChI=1S/C64H63F3N4O/c1-37(2)53-32-47(67)33-54(38(3)4)62(53)43-26-48(34-50(27-43)72-49-20-21-52-51-16-12-13-17-57(51)71(60(52)35-49)61-30-44(22-23-68-61)64(9,10)11)69-36-70(59-19-15-14-18-58(59)69)63-55(39(5)6)28-42(29-56(63)40(7)8)41-24-45(65)31-46(66)25-41/h12-35,37-40H,36H2,1-11H3. The molecule has 0 saturated heterocycles. The molecule has 0 fully saturated rings. The Morgan fingerprint density at radius 2 is 1.07 bits per heavy atom. The molecule has 10 rings (SSSR count). The molecule has 7 aromatic carbocycles. The van der Waals surface area contributed by atoms with Crippen molar-refractivity contribution < 1.29 is 17.9 Å². The molecule has 72 heavy (non-hydrogen) atoms. The lowest BCUT2D eigenvalue weighted by Crippen LogP contribution is -2.26. The first kappa shape index (κ1) is 48.3. The highest BCUT2D eigenvalue weighted by Gasteiger charge is 2.33. The van der Waals surface area contributed by atoms with Gasteiger partial charge in [-0.1, -0.05) is 106 Å². The van der Waals surface area contributed by atoms with Crippen molar-refractivity contribution in [3.8, 4) is 39.6 Å². The van der Waals surface area contributed by atoms with Crippen LogP contribution < -0.4 is 14.5 Å². The normalized spacial score (nSPS) is 13.0. The minimum absolute atomic E-state index is 0.0368. The molecule has 0 amide bonds. The molecule has 9 aromatic rings. The highest BCUT2D eigenvalue weighted by molar-refractivity contribution is 6.09. The minimum atomic E-state index is -0.606. The molecule has 0 N–H and O–H groups in total. The number of para-hydroxylation sites is 3. The van der Waals surface area contributed by atoms with Gasteiger partial charge in [-0.05, 0) is 170 Å². The lowest BCUT2D eigenvalue weighted by Gasteiger charge is -2.30. The molecule has 0 radical (unpaired) electrons. The lowest BCUT2D eigenvalue weighted by molar-refractivity contribution is 0.483. The van der Waals surface area contributed by atoms with Crippen LogP contribution in [0.15, 0.2) is 146 Å². The molecule has 0 aliphatic carbocycles. The summed E-state index contributed by atoms with van der Waals surface area (Å²) < 4.78 is 54.3. The first-order valence-corrected chi connectivity index (χ1v) is 25.3. The van der Waals surface area contributed by atoms with Gasteiger partial charge in [0.25, 0.3) is 0 Å². The van der Waals surface area contributed by atoms with E-state index in [0.717, 1.165) is 95.4 Å². The monoisotopic (exact) mass is 960 g/mol. The van der Waals surface area contributed by atoms with Gasteiger partial charge in [0.1, 0.15) is 41.4 Å². The van der Waals surface area contributed by atoms with Gasteiger partial charge in [0.2, 0.25) is 0 Å². The van der Waals surface area contributed by atoms with E-state index in [2.05, 4.69) is 194 Å². The number of pyridine rings is 1. The van der Waals surface area contributed by atoms with Gasteiger partial charge >= 0.3 is 0 Å². The minimum Gasteiger partial charge on any atom is -0.457 e. The number of fused-ring (bicyclic) bond motifs is 4. The second-order valence-corrected chi connectivity index (χ2v) is 21.7. The Morgan fingerprint density at radius 3 is 1.69 bits per heavy atom. The van der Waals surface area contributed by atoms with E-state index in [4.69, 9.17) is 9.72 Å². The van der Waals surface area contributed by atoms with E-state index < -0.39 is 11.6 Å². The molecule has 0 spiro atoms. The van der Waals surface area contributed by atoms with Crippen LogP contribution in [0, 0.1) is 17.5 Å². The maximum atomic E-state index is 15.6. The zero-order valence-electron chi connectivity index (χ0n) is 43.2. The summed E-state index contributed by atoms with van der Waals surface area (Å²) in [4.78, 5) is 9.64. The molecule has 5 nitrogen and oxygen atoms in total. The Hall–Kier alpha value is -7.32. The third kappa shape index (κ3) is 8.90. The van der Waals surface area contributed by atoms with Crippen molar-refractivity contribution in [3.63, 3.8) is 0 Å². The molecule has 3 heterocycles. The zero-order valence-corrected chi connectivity index (χ0v) is 43.2. The second-order valence-electron chi connectivity index (χ2n) is 21.7. The zero-order chi connectivity index (χ0) is 50.9. The summed E-state index contributed by atoms with van der Waals surface area (Å²) in [7, 11) is 0. The van der Waals surface area contributed by atoms with Crippen LogP contribution in [0.1, 0.15) is 128 Å². The van der Waals surface area contributed by atoms with E-state index in [-0.39, 0.29) is 34.9 Å². The van der Waals surface area contributed by atoms with Crippen molar-refractivity contribution in [2.24, 2.45) is 0 Å². The van der Waals surface area contributed by atoms with E-state index >= 15 is 4.39 Å². The van der Waals surface area contributed by atoms with E-state index in [1.165, 1.54) is 17.7 Å². The Labute approximate surface area is 422 Å². The predicted molar refractivity (Wildman–Crippen MR) is 293 cm³/mol. The molecule has 2 aromatic heterocycles. The van der Waals surface area contributed by atoms with Crippen LogP contribution in [0.3, 0.4) is 0 Å². The van der Waals surface area contributed by atoms with E-state index in [1.54, 1.807) is 12.1 Å². The fourth-order valence-corrected chi connectivity index (χ4v) is 10.6. The molecule has 1 aliphatic heterocycles. The lowest BCUT2D eigenvalue weighted by atomic mass is 9.84. The molecule has 0 saturated carbocycles. The van der Waals surface area contributed by atoms with Crippen LogP contribution >= 0.6 is 0 Å². The maximum absolute atomic E-state index is 15.6. The third-order valence-electron chi connectivity index (χ3n) is 14.2. The average molecular weight is 961 g/mol. The maximum Gasteiger partial charge on any atom is 0.137 e. The topological polar surface area (TPSA) is 33.5 Å². The summed E-state index contributed by atoms with van der Waals surface area (Å²) in [6, 6.07) is 45.2. The molecular formula is C64H63F3N4O. The van der Waals surface area contributed by atoms with Crippen molar-refractivity contribution in [1.29, 1.82) is 0 Å². The summed E-state index contributed by atoms with van der Waals surface area (Å²) >= 11 is 0. The number of benzene rings is 7. The summed E-state index contributed by atoms with van der Waals surface area (Å²) in [6.45, 7) is 24.3. The number of hydrogen-bond donors (Lipinski definition) is 0. The van der Waals surface area contributed by atoms with Gasteiger partial charge in [-0.3, -0.25) is 4.57 Å². The molecule has 0 bridgehead atoms. The fraction of sp³-hybridized carbons (Fsp3) is 0.266. The highest BCUT2D eigenvalue weighted by atomic mass is 19.1. The van der Waals surface area contributed by atoms with Crippen molar-refractivity contribution in [1.82, 2.24) is 9.55 Å². The Kier molecular flexibility index (Phi) is 12.5. The number of hydrogen-bond acceptors (Lipinski definition) is 4. The van der Waals surface area contributed by atoms with Gasteiger partial charge in [-0.2, -0.15) is 0 Å². The molecule has 8 heteroatoms. The average Bonchev–Trinajstić information content (AvgIpc) is 3.88. The Morgan fingerprint density at radius 1 is 0.500 bits per heavy atom. The van der Waals surface area contributed by atoms with Crippen LogP contribution in [-0.2, 0) is 5.41 Å². The summed E-state index contributed by atoms with van der Waals surface area (Å²) in [5, 5.41) is 2.22. The number of ether oxygens (including phenoxy) is 1. The summed E-state index contributed by atoms with van der Waals surface area (Å²) in [5.41, 5.74) is 14.5. The first-order valence-electron chi connectivity index (χ1n) is 25.3. The number of aromatic nitrogens is 2. The number of rotatable bonds is 11. The Balaban J connectivity index is 1.15. The predicted octanol–water partition coefficient (Wildman–Crippen LogP) is 18.8. The highest BCUT2D eigenvalue weighted by Crippen LogP contribution is 2.51. The first-order chi connectivity index (χ1) is 34.3. The van der Waals surface area contributed by atoms with E-state index in [9.17, 15) is 8.78 Å². The Bertz CT molecular complexity index is 3460. The summed E-state index contributed by atoms with van der Waals surface area (Å²) in [6.07, 6.45) is 1.89. The van der Waals surface area contributed by atoms with E-state index in [0.29, 0.717) is 23.7 Å². The van der Waals surface area contributed by atoms with Crippen LogP contribution in [0.4, 0.5) is 35.9 Å². The molecule has 0 atom stereocenters. The largest absolute Gasteiger partial charge is 0.457 e. The third-order valence-corrected chi connectivity index (χ3v) is 14.2. The van der Waals surface area contributed by atoms with Gasteiger partial charge < -0.3 is 14.5 Å². The number of halogens is 3. The van der Waals surface area contributed by atoms with E-state index in [1.807, 2.05) is 12.3 Å². The van der Waals surface area contributed by atoms with Crippen molar-refractivity contribution in [3.05, 3.63) is 191 Å². The molecule has 1 aliphatic rings. The molecule has 366 valence electrons. The van der Waals surface area contributed by atoms with Crippen molar-refractivity contribution in [2.75, 3.05) is 16.5 Å². The van der Waals surface area contributed by atoms with Crippen LogP contribution in [-0.4, -0.2) is 16.2 Å². The van der Waals surface area contributed by atoms with Gasteiger partial charge in [0.15, 0.2) is 0 Å². The van der Waals surface area contributed by atoms with Crippen LogP contribution in [0.5, 0.6) is 11.5 Å². The van der Waals surface area contributed by atoms with Gasteiger partial charge in [-0.25, -0.2) is 18.2 Å². The smallest absolute Gasteiger partial charge is 0.137 e. The van der Waals surface area contributed by atoms with Gasteiger partial charge in [0, 0.05) is 46.5 Å². The number of nitrogens with zero attached hydrogens (tertiary/aromatic N) is 4. The van der Waals surface area contributed by atoms with Gasteiger partial charge in [-0.15, -0.1) is 0 Å². The second kappa shape index (κ2) is 18.7. The van der Waals surface area contributed by atoms with Crippen molar-refractivity contribution in [2.45, 2.75) is 105 Å². The van der Waals surface area contributed by atoms with Gasteiger partial charge in [0.05, 0.1) is 22.4 Å². The molecule has 0 unspecified atom stereocenters. The SMILES string of the molecule is CC(C)c1cc(F)cc(C(C)C)c1-c1cc(Oc2ccc3c4ccccc4n(-c4cc(C(C)(C)C)ccn4)c3c2)cc(N2CN(c3c(C(C)C)cc(-c4cc(F)cc(F)c4)cc3C(C)C)c3ccccc32)c1. The quantitative estimate of drug-likeness (QED) is 0.129. The summed E-state index contributed by atoms with van der Waals surface area (Å²) in [5.74, 6) is 0.919.